The molecule has 0 saturated carbocycles. The fourth-order valence-electron chi connectivity index (χ4n) is 2.16. The first-order valence-electron chi connectivity index (χ1n) is 7.96. The molecule has 0 N–H and O–H groups in total. The van der Waals surface area contributed by atoms with Crippen molar-refractivity contribution < 1.29 is 29.7 Å². The van der Waals surface area contributed by atoms with Crippen molar-refractivity contribution in [2.45, 2.75) is 52.4 Å². The average Bonchev–Trinajstić information content (AvgIpc) is 2.46. The van der Waals surface area contributed by atoms with Crippen LogP contribution in [0.25, 0.3) is 0 Å². The molecule has 0 aliphatic rings. The molecule has 0 heterocycles. The van der Waals surface area contributed by atoms with E-state index >= 15 is 0 Å². The summed E-state index contributed by atoms with van der Waals surface area (Å²) in [5.74, 6) is 1.80. The molecule has 122 valence electrons. The average molecular weight is 390 g/mol. The van der Waals surface area contributed by atoms with Crippen LogP contribution in [0, 0.1) is 0 Å². The van der Waals surface area contributed by atoms with Gasteiger partial charge in [0.2, 0.25) is 0 Å². The van der Waals surface area contributed by atoms with Crippen LogP contribution < -0.4 is 5.63 Å². The first kappa shape index (κ1) is 18.3. The maximum atomic E-state index is 5.82. The van der Waals surface area contributed by atoms with Gasteiger partial charge in [-0.05, 0) is 0 Å². The van der Waals surface area contributed by atoms with Gasteiger partial charge in [0, 0.05) is 0 Å². The topological polar surface area (TPSA) is 18.5 Å². The third-order valence-corrected chi connectivity index (χ3v) is 5.33. The molecular formula is C20H26O2Zr. The van der Waals surface area contributed by atoms with Gasteiger partial charge in [-0.1, -0.05) is 0 Å². The van der Waals surface area contributed by atoms with Crippen molar-refractivity contribution in [3.8, 4) is 11.5 Å². The Hall–Kier alpha value is -1.08. The van der Waals surface area contributed by atoms with E-state index in [1.165, 1.54) is 11.1 Å². The Kier molecular flexibility index (Phi) is 5.73. The Balaban J connectivity index is 1.87. The van der Waals surface area contributed by atoms with Crippen molar-refractivity contribution in [2.24, 2.45) is 0 Å². The third kappa shape index (κ3) is 5.50. The molecule has 0 bridgehead atoms. The van der Waals surface area contributed by atoms with Crippen LogP contribution in [0.2, 0.25) is 0 Å². The molecule has 2 aromatic carbocycles. The molecule has 2 rings (SSSR count). The fourth-order valence-corrected chi connectivity index (χ4v) is 3.41. The van der Waals surface area contributed by atoms with E-state index in [0.717, 1.165) is 11.5 Å². The van der Waals surface area contributed by atoms with Crippen LogP contribution in [0.5, 0.6) is 11.5 Å². The number of rotatable bonds is 4. The van der Waals surface area contributed by atoms with Gasteiger partial charge >= 0.3 is 153 Å². The van der Waals surface area contributed by atoms with Gasteiger partial charge in [0.15, 0.2) is 0 Å². The molecule has 0 unspecified atom stereocenters. The van der Waals surface area contributed by atoms with E-state index < -0.39 is 24.1 Å². The number of hydrogen-bond acceptors (Lipinski definition) is 2. The van der Waals surface area contributed by atoms with Crippen molar-refractivity contribution >= 4 is 0 Å². The Morgan fingerprint density at radius 2 is 0.870 bits per heavy atom. The van der Waals surface area contributed by atoms with Crippen LogP contribution in [0.3, 0.4) is 0 Å². The molecule has 0 spiro atoms. The van der Waals surface area contributed by atoms with E-state index in [4.69, 9.17) is 5.63 Å². The summed E-state index contributed by atoms with van der Waals surface area (Å²) < 4.78 is 11.6. The molecule has 0 aliphatic heterocycles. The van der Waals surface area contributed by atoms with Gasteiger partial charge in [0.25, 0.3) is 0 Å². The zero-order chi connectivity index (χ0) is 17.1. The van der Waals surface area contributed by atoms with Crippen molar-refractivity contribution in [3.05, 3.63) is 59.7 Å². The summed E-state index contributed by atoms with van der Waals surface area (Å²) in [6.07, 6.45) is 0. The summed E-state index contributed by atoms with van der Waals surface area (Å²) in [6.45, 7) is 13.3. The van der Waals surface area contributed by atoms with Crippen LogP contribution in [0.15, 0.2) is 48.5 Å². The number of benzene rings is 2. The van der Waals surface area contributed by atoms with Crippen molar-refractivity contribution in [3.63, 3.8) is 0 Å². The Morgan fingerprint density at radius 3 is 1.13 bits per heavy atom. The monoisotopic (exact) mass is 388 g/mol. The molecule has 0 radical (unpaired) electrons. The minimum absolute atomic E-state index is 0.170. The molecule has 2 nitrogen and oxygen atoms in total. The summed E-state index contributed by atoms with van der Waals surface area (Å²) >= 11 is -1.37. The molecule has 0 amide bonds. The molecule has 2 aromatic rings. The quantitative estimate of drug-likeness (QED) is 0.672. The SMILES string of the molecule is CC(C)(C)c1ccc([O][Zr][O]c2ccc(C(C)(C)C)cc2)cc1. The normalized spacial score (nSPS) is 11.9. The minimum atomic E-state index is -1.37. The maximum absolute atomic E-state index is 5.82. The van der Waals surface area contributed by atoms with Gasteiger partial charge in [-0.3, -0.25) is 0 Å². The standard InChI is InChI=1S/2C10H14O.Zr/c2*1-10(2,3)8-4-6-9(11)7-5-8;/h2*4-7,11H,1-3H3;/q;;+2/p-2. The number of hydrogen-bond donors (Lipinski definition) is 0. The van der Waals surface area contributed by atoms with Crippen molar-refractivity contribution in [2.75, 3.05) is 0 Å². The van der Waals surface area contributed by atoms with Crippen LogP contribution >= 0.6 is 0 Å². The second-order valence-electron chi connectivity index (χ2n) is 7.84. The molecule has 3 heteroatoms. The van der Waals surface area contributed by atoms with Gasteiger partial charge in [-0.2, -0.15) is 0 Å². The van der Waals surface area contributed by atoms with Gasteiger partial charge < -0.3 is 0 Å². The summed E-state index contributed by atoms with van der Waals surface area (Å²) in [6, 6.07) is 16.7. The van der Waals surface area contributed by atoms with E-state index in [0.29, 0.717) is 0 Å². The second kappa shape index (κ2) is 7.22. The second-order valence-corrected chi connectivity index (χ2v) is 9.25. The van der Waals surface area contributed by atoms with Gasteiger partial charge in [-0.15, -0.1) is 0 Å². The Morgan fingerprint density at radius 1 is 0.565 bits per heavy atom. The molecule has 0 aliphatic carbocycles. The van der Waals surface area contributed by atoms with Crippen LogP contribution in [0.4, 0.5) is 0 Å². The van der Waals surface area contributed by atoms with Gasteiger partial charge in [0.1, 0.15) is 0 Å². The summed E-state index contributed by atoms with van der Waals surface area (Å²) in [5, 5.41) is 0. The first-order valence-corrected chi connectivity index (χ1v) is 9.97. The predicted molar refractivity (Wildman–Crippen MR) is 91.5 cm³/mol. The van der Waals surface area contributed by atoms with Gasteiger partial charge in [0.05, 0.1) is 0 Å². The molecular weight excluding hydrogens is 363 g/mol. The van der Waals surface area contributed by atoms with Gasteiger partial charge in [-0.25, -0.2) is 0 Å². The van der Waals surface area contributed by atoms with E-state index in [1.807, 2.05) is 24.3 Å². The van der Waals surface area contributed by atoms with E-state index in [9.17, 15) is 0 Å². The molecule has 0 saturated heterocycles. The van der Waals surface area contributed by atoms with Crippen LogP contribution in [-0.2, 0) is 34.9 Å². The molecule has 23 heavy (non-hydrogen) atoms. The first-order chi connectivity index (χ1) is 10.7. The van der Waals surface area contributed by atoms with E-state index in [1.54, 1.807) is 0 Å². The Labute approximate surface area is 153 Å². The van der Waals surface area contributed by atoms with E-state index in [2.05, 4.69) is 65.8 Å². The van der Waals surface area contributed by atoms with Crippen LogP contribution in [0.1, 0.15) is 52.7 Å². The Bertz CT molecular complexity index is 559. The zero-order valence-corrected chi connectivity index (χ0v) is 17.4. The van der Waals surface area contributed by atoms with Crippen LogP contribution in [-0.4, -0.2) is 0 Å². The third-order valence-electron chi connectivity index (χ3n) is 3.76. The molecule has 0 atom stereocenters. The van der Waals surface area contributed by atoms with Crippen molar-refractivity contribution in [1.82, 2.24) is 0 Å². The van der Waals surface area contributed by atoms with Crippen molar-refractivity contribution in [1.29, 1.82) is 0 Å². The summed E-state index contributed by atoms with van der Waals surface area (Å²) in [4.78, 5) is 0. The fraction of sp³-hybridized carbons (Fsp3) is 0.400. The summed E-state index contributed by atoms with van der Waals surface area (Å²) in [7, 11) is 0. The van der Waals surface area contributed by atoms with E-state index in [-0.39, 0.29) is 10.8 Å². The predicted octanol–water partition coefficient (Wildman–Crippen LogP) is 5.65. The molecule has 0 aromatic heterocycles. The molecule has 0 fully saturated rings. The zero-order valence-electron chi connectivity index (χ0n) is 14.9. The summed E-state index contributed by atoms with van der Waals surface area (Å²) in [5.41, 5.74) is 2.97.